The first kappa shape index (κ1) is 13.2. The third-order valence-corrected chi connectivity index (χ3v) is 3.12. The topological polar surface area (TPSA) is 34.9 Å². The zero-order valence-electron chi connectivity index (χ0n) is 10.4. The Balaban J connectivity index is 2.63. The molecule has 0 unspecified atom stereocenters. The van der Waals surface area contributed by atoms with Gasteiger partial charge in [0.15, 0.2) is 0 Å². The summed E-state index contributed by atoms with van der Waals surface area (Å²) in [6.45, 7) is 6.09. The van der Waals surface area contributed by atoms with Crippen molar-refractivity contribution in [3.63, 3.8) is 0 Å². The number of ketones is 1. The lowest BCUT2D eigenvalue weighted by atomic mass is 10.0. The highest BCUT2D eigenvalue weighted by molar-refractivity contribution is 6.32. The second-order valence-corrected chi connectivity index (χ2v) is 5.00. The van der Waals surface area contributed by atoms with E-state index in [1.807, 2.05) is 14.0 Å². The Labute approximate surface area is 102 Å². The fourth-order valence-corrected chi connectivity index (χ4v) is 1.82. The van der Waals surface area contributed by atoms with E-state index in [2.05, 4.69) is 18.9 Å². The standard InChI is InChI=1S/C12H19ClN2O/c1-8(2)5-6-10(16)7-11-12(13)9(3)14-15(11)4/h8H,5-7H2,1-4H3. The minimum absolute atomic E-state index is 0.235. The molecule has 0 atom stereocenters. The predicted molar refractivity (Wildman–Crippen MR) is 65.7 cm³/mol. The molecule has 1 aromatic rings. The van der Waals surface area contributed by atoms with Crippen LogP contribution in [-0.2, 0) is 18.3 Å². The highest BCUT2D eigenvalue weighted by Crippen LogP contribution is 2.20. The van der Waals surface area contributed by atoms with Crippen LogP contribution in [0.2, 0.25) is 5.02 Å². The average Bonchev–Trinajstić information content (AvgIpc) is 2.42. The summed E-state index contributed by atoms with van der Waals surface area (Å²) in [6, 6.07) is 0. The van der Waals surface area contributed by atoms with Crippen molar-refractivity contribution in [1.82, 2.24) is 9.78 Å². The normalized spacial score (nSPS) is 11.1. The van der Waals surface area contributed by atoms with Crippen LogP contribution >= 0.6 is 11.6 Å². The summed E-state index contributed by atoms with van der Waals surface area (Å²) >= 11 is 6.09. The van der Waals surface area contributed by atoms with Crippen molar-refractivity contribution < 1.29 is 4.79 Å². The molecule has 0 radical (unpaired) electrons. The lowest BCUT2D eigenvalue weighted by Crippen LogP contribution is -2.08. The van der Waals surface area contributed by atoms with Gasteiger partial charge in [0, 0.05) is 19.9 Å². The summed E-state index contributed by atoms with van der Waals surface area (Å²) in [5.74, 6) is 0.797. The lowest BCUT2D eigenvalue weighted by Gasteiger charge is -2.04. The van der Waals surface area contributed by atoms with Crippen LogP contribution in [0.1, 0.15) is 38.1 Å². The SMILES string of the molecule is Cc1nn(C)c(CC(=O)CCC(C)C)c1Cl. The van der Waals surface area contributed by atoms with Gasteiger partial charge in [-0.25, -0.2) is 0 Å². The summed E-state index contributed by atoms with van der Waals surface area (Å²) in [6.07, 6.45) is 1.95. The Kier molecular flexibility index (Phi) is 4.54. The molecular formula is C12H19ClN2O. The Morgan fingerprint density at radius 2 is 2.12 bits per heavy atom. The number of carbonyl (C=O) groups is 1. The molecule has 1 rings (SSSR count). The van der Waals surface area contributed by atoms with Crippen molar-refractivity contribution in [3.05, 3.63) is 16.4 Å². The maximum Gasteiger partial charge on any atom is 0.138 e. The first-order chi connectivity index (χ1) is 7.41. The summed E-state index contributed by atoms with van der Waals surface area (Å²) in [5.41, 5.74) is 1.61. The maximum atomic E-state index is 11.7. The second kappa shape index (κ2) is 5.48. The number of halogens is 1. The number of aryl methyl sites for hydroxylation is 2. The van der Waals surface area contributed by atoms with Crippen molar-refractivity contribution in [3.8, 4) is 0 Å². The van der Waals surface area contributed by atoms with E-state index in [0.29, 0.717) is 23.8 Å². The number of Topliss-reactive ketones (excluding diaryl/α,β-unsaturated/α-hetero) is 1. The fraction of sp³-hybridized carbons (Fsp3) is 0.667. The number of nitrogens with zero attached hydrogens (tertiary/aromatic N) is 2. The zero-order chi connectivity index (χ0) is 12.3. The van der Waals surface area contributed by atoms with Gasteiger partial charge in [0.1, 0.15) is 5.78 Å². The van der Waals surface area contributed by atoms with Crippen molar-refractivity contribution in [1.29, 1.82) is 0 Å². The van der Waals surface area contributed by atoms with Gasteiger partial charge in [0.05, 0.1) is 16.4 Å². The number of hydrogen-bond donors (Lipinski definition) is 0. The first-order valence-electron chi connectivity index (χ1n) is 5.61. The third kappa shape index (κ3) is 3.34. The molecule has 3 nitrogen and oxygen atoms in total. The van der Waals surface area contributed by atoms with Gasteiger partial charge < -0.3 is 0 Å². The molecule has 0 aliphatic rings. The summed E-state index contributed by atoms with van der Waals surface area (Å²) in [4.78, 5) is 11.7. The minimum Gasteiger partial charge on any atom is -0.299 e. The molecule has 1 heterocycles. The summed E-state index contributed by atoms with van der Waals surface area (Å²) in [5, 5.41) is 4.82. The molecule has 0 aliphatic carbocycles. The van der Waals surface area contributed by atoms with Crippen molar-refractivity contribution in [2.45, 2.75) is 40.0 Å². The smallest absolute Gasteiger partial charge is 0.138 e. The van der Waals surface area contributed by atoms with Crippen LogP contribution in [0.25, 0.3) is 0 Å². The number of carbonyl (C=O) groups excluding carboxylic acids is 1. The minimum atomic E-state index is 0.235. The molecule has 0 saturated carbocycles. The third-order valence-electron chi connectivity index (χ3n) is 2.63. The Morgan fingerprint density at radius 3 is 2.56 bits per heavy atom. The highest BCUT2D eigenvalue weighted by atomic mass is 35.5. The summed E-state index contributed by atoms with van der Waals surface area (Å²) in [7, 11) is 1.82. The van der Waals surface area contributed by atoms with Gasteiger partial charge in [-0.2, -0.15) is 5.10 Å². The molecule has 0 aliphatic heterocycles. The van der Waals surface area contributed by atoms with Gasteiger partial charge in [0.25, 0.3) is 0 Å². The van der Waals surface area contributed by atoms with Crippen molar-refractivity contribution in [2.75, 3.05) is 0 Å². The van der Waals surface area contributed by atoms with Crippen LogP contribution in [0, 0.1) is 12.8 Å². The maximum absolute atomic E-state index is 11.7. The van der Waals surface area contributed by atoms with Gasteiger partial charge >= 0.3 is 0 Å². The van der Waals surface area contributed by atoms with E-state index in [4.69, 9.17) is 11.6 Å². The van der Waals surface area contributed by atoms with Crippen LogP contribution in [-0.4, -0.2) is 15.6 Å². The van der Waals surface area contributed by atoms with E-state index >= 15 is 0 Å². The predicted octanol–water partition coefficient (Wildman–Crippen LogP) is 2.93. The van der Waals surface area contributed by atoms with Crippen molar-refractivity contribution in [2.24, 2.45) is 13.0 Å². The quantitative estimate of drug-likeness (QED) is 0.796. The summed E-state index contributed by atoms with van der Waals surface area (Å²) < 4.78 is 1.70. The van der Waals surface area contributed by atoms with Gasteiger partial charge in [-0.05, 0) is 19.3 Å². The molecule has 90 valence electrons. The number of rotatable bonds is 5. The number of hydrogen-bond acceptors (Lipinski definition) is 2. The molecule has 1 aromatic heterocycles. The molecule has 0 spiro atoms. The molecule has 0 N–H and O–H groups in total. The molecule has 0 bridgehead atoms. The van der Waals surface area contributed by atoms with Gasteiger partial charge in [0.2, 0.25) is 0 Å². The molecule has 0 aromatic carbocycles. The van der Waals surface area contributed by atoms with Gasteiger partial charge in [-0.3, -0.25) is 9.48 Å². The largest absolute Gasteiger partial charge is 0.299 e. The molecular weight excluding hydrogens is 224 g/mol. The fourth-order valence-electron chi connectivity index (χ4n) is 1.60. The van der Waals surface area contributed by atoms with E-state index in [1.165, 1.54) is 0 Å². The molecule has 0 amide bonds. The molecule has 0 saturated heterocycles. The van der Waals surface area contributed by atoms with E-state index in [1.54, 1.807) is 4.68 Å². The zero-order valence-corrected chi connectivity index (χ0v) is 11.1. The number of aromatic nitrogens is 2. The molecule has 4 heteroatoms. The van der Waals surface area contributed by atoms with E-state index < -0.39 is 0 Å². The van der Waals surface area contributed by atoms with E-state index in [0.717, 1.165) is 17.8 Å². The van der Waals surface area contributed by atoms with Crippen molar-refractivity contribution >= 4 is 17.4 Å². The Morgan fingerprint density at radius 1 is 1.50 bits per heavy atom. The highest BCUT2D eigenvalue weighted by Gasteiger charge is 2.14. The van der Waals surface area contributed by atoms with Crippen LogP contribution in [0.5, 0.6) is 0 Å². The van der Waals surface area contributed by atoms with Gasteiger partial charge in [-0.15, -0.1) is 0 Å². The second-order valence-electron chi connectivity index (χ2n) is 4.62. The first-order valence-corrected chi connectivity index (χ1v) is 5.99. The van der Waals surface area contributed by atoms with Crippen LogP contribution in [0.15, 0.2) is 0 Å². The van der Waals surface area contributed by atoms with Gasteiger partial charge in [-0.1, -0.05) is 25.4 Å². The average molecular weight is 243 g/mol. The monoisotopic (exact) mass is 242 g/mol. The molecule has 16 heavy (non-hydrogen) atoms. The van der Waals surface area contributed by atoms with E-state index in [9.17, 15) is 4.79 Å². The molecule has 0 fully saturated rings. The lowest BCUT2D eigenvalue weighted by molar-refractivity contribution is -0.118. The Hall–Kier alpha value is -0.830. The Bertz CT molecular complexity index is 383. The van der Waals surface area contributed by atoms with Crippen LogP contribution in [0.4, 0.5) is 0 Å². The van der Waals surface area contributed by atoms with Crippen LogP contribution < -0.4 is 0 Å². The van der Waals surface area contributed by atoms with E-state index in [-0.39, 0.29) is 5.78 Å². The van der Waals surface area contributed by atoms with Crippen LogP contribution in [0.3, 0.4) is 0 Å².